The Morgan fingerprint density at radius 3 is 1.71 bits per heavy atom. The number of hydrogen-bond donors (Lipinski definition) is 3. The van der Waals surface area contributed by atoms with Crippen LogP contribution in [-0.2, 0) is 19.7 Å². The summed E-state index contributed by atoms with van der Waals surface area (Å²) >= 11 is 0. The Morgan fingerprint density at radius 2 is 1.64 bits per heavy atom. The minimum atomic E-state index is -4.99. The third-order valence-electron chi connectivity index (χ3n) is 2.16. The molecule has 0 saturated carbocycles. The van der Waals surface area contributed by atoms with Crippen LogP contribution in [0.2, 0.25) is 0 Å². The molecule has 0 aliphatic heterocycles. The van der Waals surface area contributed by atoms with E-state index in [9.17, 15) is 18.0 Å². The predicted molar refractivity (Wildman–Crippen MR) is 44.4 cm³/mol. The van der Waals surface area contributed by atoms with E-state index < -0.39 is 32.7 Å². The van der Waals surface area contributed by atoms with E-state index in [-0.39, 0.29) is 0 Å². The predicted octanol–water partition coefficient (Wildman–Crippen LogP) is -0.562. The molecule has 0 heterocycles. The van der Waals surface area contributed by atoms with Crippen LogP contribution in [0, 0.1) is 5.92 Å². The highest BCUT2D eigenvalue weighted by molar-refractivity contribution is 7.88. The molecule has 0 bridgehead atoms. The van der Waals surface area contributed by atoms with E-state index in [1.165, 1.54) is 0 Å². The van der Waals surface area contributed by atoms with Crippen LogP contribution in [0.3, 0.4) is 0 Å². The molecule has 0 aromatic rings. The quantitative estimate of drug-likeness (QED) is 0.548. The zero-order valence-corrected chi connectivity index (χ0v) is 8.28. The molecule has 2 unspecified atom stereocenters. The van der Waals surface area contributed by atoms with Gasteiger partial charge in [0.2, 0.25) is 4.75 Å². The Kier molecular flexibility index (Phi) is 3.25. The molecule has 0 aromatic carbocycles. The summed E-state index contributed by atoms with van der Waals surface area (Å²) in [7, 11) is -4.99. The molecule has 0 saturated heterocycles. The molecule has 0 aliphatic carbocycles. The minimum absolute atomic E-state index is 0.642. The van der Waals surface area contributed by atoms with Crippen LogP contribution in [0.25, 0.3) is 0 Å². The fourth-order valence-electron chi connectivity index (χ4n) is 0.755. The summed E-state index contributed by atoms with van der Waals surface area (Å²) in [5.41, 5.74) is 0. The molecule has 0 amide bonds. The summed E-state index contributed by atoms with van der Waals surface area (Å²) in [5, 5.41) is 17.1. The van der Waals surface area contributed by atoms with Crippen LogP contribution >= 0.6 is 0 Å². The van der Waals surface area contributed by atoms with Crippen LogP contribution in [0.15, 0.2) is 0 Å². The summed E-state index contributed by atoms with van der Waals surface area (Å²) in [5.74, 6) is -5.28. The summed E-state index contributed by atoms with van der Waals surface area (Å²) in [6.45, 7) is 1.54. The molecule has 7 nitrogen and oxygen atoms in total. The van der Waals surface area contributed by atoms with Gasteiger partial charge < -0.3 is 10.2 Å². The standard InChI is InChI=1S/C6H10O7S/c1-3(4(7)8)6(2,5(9)10)14(11,12)13/h3H,1-2H3,(H,7,8)(H,9,10)(H,11,12,13). The van der Waals surface area contributed by atoms with Crippen molar-refractivity contribution < 1.29 is 32.8 Å². The molecule has 0 fully saturated rings. The van der Waals surface area contributed by atoms with Crippen molar-refractivity contribution in [3.63, 3.8) is 0 Å². The van der Waals surface area contributed by atoms with E-state index in [1.807, 2.05) is 0 Å². The number of rotatable bonds is 4. The summed E-state index contributed by atoms with van der Waals surface area (Å²) in [6, 6.07) is 0. The van der Waals surface area contributed by atoms with Gasteiger partial charge in [-0.2, -0.15) is 8.42 Å². The average Bonchev–Trinajstić information content (AvgIpc) is 1.98. The lowest BCUT2D eigenvalue weighted by atomic mass is 9.95. The van der Waals surface area contributed by atoms with Gasteiger partial charge in [0.25, 0.3) is 10.1 Å². The Balaban J connectivity index is 5.57. The lowest BCUT2D eigenvalue weighted by Crippen LogP contribution is -2.51. The van der Waals surface area contributed by atoms with Gasteiger partial charge in [-0.05, 0) is 13.8 Å². The molecule has 0 radical (unpaired) electrons. The third-order valence-corrected chi connectivity index (χ3v) is 3.76. The largest absolute Gasteiger partial charge is 0.481 e. The van der Waals surface area contributed by atoms with Crippen LogP contribution in [0.4, 0.5) is 0 Å². The molecule has 82 valence electrons. The maximum Gasteiger partial charge on any atom is 0.328 e. The van der Waals surface area contributed by atoms with E-state index in [0.29, 0.717) is 6.92 Å². The van der Waals surface area contributed by atoms with Crippen LogP contribution in [-0.4, -0.2) is 39.9 Å². The second-order valence-electron chi connectivity index (χ2n) is 2.95. The Hall–Kier alpha value is -1.15. The number of hydrogen-bond acceptors (Lipinski definition) is 4. The van der Waals surface area contributed by atoms with Crippen molar-refractivity contribution >= 4 is 22.1 Å². The van der Waals surface area contributed by atoms with Gasteiger partial charge in [-0.3, -0.25) is 14.1 Å². The van der Waals surface area contributed by atoms with E-state index >= 15 is 0 Å². The van der Waals surface area contributed by atoms with Crippen molar-refractivity contribution in [2.24, 2.45) is 5.92 Å². The summed E-state index contributed by atoms with van der Waals surface area (Å²) in [6.07, 6.45) is 0. The third kappa shape index (κ3) is 1.85. The highest BCUT2D eigenvalue weighted by atomic mass is 32.2. The number of aliphatic carboxylic acids is 2. The van der Waals surface area contributed by atoms with Gasteiger partial charge in [-0.25, -0.2) is 0 Å². The Labute approximate surface area is 80.1 Å². The van der Waals surface area contributed by atoms with Crippen molar-refractivity contribution in [2.45, 2.75) is 18.6 Å². The Morgan fingerprint density at radius 1 is 1.29 bits per heavy atom. The van der Waals surface area contributed by atoms with E-state index in [2.05, 4.69) is 0 Å². The lowest BCUT2D eigenvalue weighted by molar-refractivity contribution is -0.150. The zero-order chi connectivity index (χ0) is 11.7. The van der Waals surface area contributed by atoms with Crippen molar-refractivity contribution in [1.82, 2.24) is 0 Å². The second kappa shape index (κ2) is 3.54. The van der Waals surface area contributed by atoms with Gasteiger partial charge >= 0.3 is 11.9 Å². The molecule has 0 spiro atoms. The highest BCUT2D eigenvalue weighted by Gasteiger charge is 2.53. The number of carboxylic acids is 2. The van der Waals surface area contributed by atoms with Crippen LogP contribution in [0.5, 0.6) is 0 Å². The van der Waals surface area contributed by atoms with E-state index in [0.717, 1.165) is 6.92 Å². The highest BCUT2D eigenvalue weighted by Crippen LogP contribution is 2.26. The molecule has 8 heteroatoms. The molecular weight excluding hydrogens is 216 g/mol. The van der Waals surface area contributed by atoms with Crippen molar-refractivity contribution in [1.29, 1.82) is 0 Å². The molecule has 2 atom stereocenters. The van der Waals surface area contributed by atoms with Crippen LogP contribution < -0.4 is 0 Å². The zero-order valence-electron chi connectivity index (χ0n) is 7.46. The minimum Gasteiger partial charge on any atom is -0.481 e. The van der Waals surface area contributed by atoms with Gasteiger partial charge in [0.1, 0.15) is 0 Å². The Bertz CT molecular complexity index is 356. The van der Waals surface area contributed by atoms with Gasteiger partial charge in [0.05, 0.1) is 5.92 Å². The SMILES string of the molecule is CC(C(=O)O)C(C)(C(=O)O)S(=O)(=O)O. The lowest BCUT2D eigenvalue weighted by Gasteiger charge is -2.24. The maximum absolute atomic E-state index is 10.8. The molecule has 3 N–H and O–H groups in total. The molecule has 14 heavy (non-hydrogen) atoms. The maximum atomic E-state index is 10.8. The smallest absolute Gasteiger partial charge is 0.328 e. The first kappa shape index (κ1) is 12.8. The van der Waals surface area contributed by atoms with Crippen molar-refractivity contribution in [2.75, 3.05) is 0 Å². The average molecular weight is 226 g/mol. The number of carboxylic acid groups (broad SMARTS) is 2. The molecular formula is C6H10O7S. The van der Waals surface area contributed by atoms with Gasteiger partial charge in [-0.1, -0.05) is 0 Å². The van der Waals surface area contributed by atoms with E-state index in [1.54, 1.807) is 0 Å². The fraction of sp³-hybridized carbons (Fsp3) is 0.667. The normalized spacial score (nSPS) is 18.2. The van der Waals surface area contributed by atoms with E-state index in [4.69, 9.17) is 14.8 Å². The van der Waals surface area contributed by atoms with Gasteiger partial charge in [0.15, 0.2) is 0 Å². The second-order valence-corrected chi connectivity index (χ2v) is 4.75. The van der Waals surface area contributed by atoms with Crippen LogP contribution in [0.1, 0.15) is 13.8 Å². The molecule has 0 rings (SSSR count). The number of carbonyl (C=O) groups is 2. The monoisotopic (exact) mass is 226 g/mol. The fourth-order valence-corrected chi connectivity index (χ4v) is 1.52. The summed E-state index contributed by atoms with van der Waals surface area (Å²) < 4.78 is 27.4. The van der Waals surface area contributed by atoms with Gasteiger partial charge in [0, 0.05) is 0 Å². The van der Waals surface area contributed by atoms with Crippen molar-refractivity contribution in [3.05, 3.63) is 0 Å². The van der Waals surface area contributed by atoms with Crippen molar-refractivity contribution in [3.8, 4) is 0 Å². The first-order valence-electron chi connectivity index (χ1n) is 3.48. The first-order valence-corrected chi connectivity index (χ1v) is 4.92. The topological polar surface area (TPSA) is 129 Å². The summed E-state index contributed by atoms with van der Waals surface area (Å²) in [4.78, 5) is 21.1. The van der Waals surface area contributed by atoms with Gasteiger partial charge in [-0.15, -0.1) is 0 Å². The molecule has 0 aromatic heterocycles. The molecule has 0 aliphatic rings. The first-order chi connectivity index (χ1) is 6.05.